The topological polar surface area (TPSA) is 108 Å². The number of rotatable bonds is 13. The van der Waals surface area contributed by atoms with Gasteiger partial charge < -0.3 is 23.3 Å². The van der Waals surface area contributed by atoms with Gasteiger partial charge in [-0.05, 0) is 49.1 Å². The monoisotopic (exact) mass is 519 g/mol. The Morgan fingerprint density at radius 1 is 1.11 bits per heavy atom. The number of ether oxygens (including phenoxy) is 3. The van der Waals surface area contributed by atoms with Crippen LogP contribution in [0.5, 0.6) is 5.75 Å². The summed E-state index contributed by atoms with van der Waals surface area (Å²) in [5, 5.41) is 0. The van der Waals surface area contributed by atoms with E-state index in [0.717, 1.165) is 24.8 Å². The van der Waals surface area contributed by atoms with E-state index in [-0.39, 0.29) is 41.4 Å². The summed E-state index contributed by atoms with van der Waals surface area (Å²) in [5.41, 5.74) is 0.716. The van der Waals surface area contributed by atoms with Gasteiger partial charge in [-0.1, -0.05) is 37.6 Å². The smallest absolute Gasteiger partial charge is 0.340 e. The van der Waals surface area contributed by atoms with Crippen molar-refractivity contribution in [3.8, 4) is 5.75 Å². The molecule has 1 atom stereocenters. The second-order valence-electron chi connectivity index (χ2n) is 8.51. The van der Waals surface area contributed by atoms with Crippen LogP contribution in [0.15, 0.2) is 53.4 Å². The van der Waals surface area contributed by atoms with Gasteiger partial charge in [0.2, 0.25) is 5.91 Å². The first-order valence-electron chi connectivity index (χ1n) is 12.0. The summed E-state index contributed by atoms with van der Waals surface area (Å²) in [6, 6.07) is 12.2. The number of benzene rings is 2. The van der Waals surface area contributed by atoms with Crippen molar-refractivity contribution in [3.63, 3.8) is 0 Å². The highest BCUT2D eigenvalue weighted by atomic mass is 32.2. The summed E-state index contributed by atoms with van der Waals surface area (Å²) < 4.78 is 47.1. The molecule has 2 aromatic rings. The van der Waals surface area contributed by atoms with Crippen LogP contribution in [-0.2, 0) is 35.7 Å². The molecule has 3 rings (SSSR count). The fourth-order valence-corrected chi connectivity index (χ4v) is 4.91. The Bertz CT molecular complexity index is 1110. The van der Waals surface area contributed by atoms with Crippen LogP contribution in [0.1, 0.15) is 48.5 Å². The lowest BCUT2D eigenvalue weighted by molar-refractivity contribution is -0.137. The number of carbonyl (C=O) groups is 2. The molecule has 1 fully saturated rings. The fraction of sp³-hybridized carbons (Fsp3) is 0.462. The molecule has 0 aromatic heterocycles. The Balaban J connectivity index is 1.70. The number of amides is 1. The molecule has 1 aliphatic heterocycles. The highest BCUT2D eigenvalue weighted by Crippen LogP contribution is 2.23. The standard InChI is InChI=1S/C26H33NO8S/c1-3-4-15-34-26(29)23-9-5-6-10-24(23)36(30,31)35-21-13-11-20(12-14-21)17-27(25(28)19-32-2)18-22-8-7-16-33-22/h5-6,9-14,22H,3-4,7-8,15-19H2,1-2H3/t22-/m0/s1. The van der Waals surface area contributed by atoms with Crippen molar-refractivity contribution in [2.45, 2.75) is 50.2 Å². The molecule has 1 heterocycles. The van der Waals surface area contributed by atoms with Crippen LogP contribution in [-0.4, -0.2) is 64.8 Å². The molecule has 196 valence electrons. The van der Waals surface area contributed by atoms with Gasteiger partial charge in [0.1, 0.15) is 17.3 Å². The molecule has 0 spiro atoms. The van der Waals surface area contributed by atoms with Crippen molar-refractivity contribution in [1.82, 2.24) is 4.90 Å². The van der Waals surface area contributed by atoms with Crippen molar-refractivity contribution < 1.29 is 36.4 Å². The minimum Gasteiger partial charge on any atom is -0.462 e. The maximum Gasteiger partial charge on any atom is 0.340 e. The van der Waals surface area contributed by atoms with E-state index < -0.39 is 16.1 Å². The second kappa shape index (κ2) is 13.4. The molecule has 1 amide bonds. The maximum atomic E-state index is 13.0. The number of carbonyl (C=O) groups excluding carboxylic acids is 2. The first-order valence-corrected chi connectivity index (χ1v) is 13.4. The Morgan fingerprint density at radius 2 is 1.86 bits per heavy atom. The quantitative estimate of drug-likeness (QED) is 0.225. The molecule has 0 saturated carbocycles. The van der Waals surface area contributed by atoms with Crippen LogP contribution in [0, 0.1) is 0 Å². The minimum atomic E-state index is -4.29. The van der Waals surface area contributed by atoms with Crippen molar-refractivity contribution >= 4 is 22.0 Å². The van der Waals surface area contributed by atoms with E-state index in [1.54, 1.807) is 23.1 Å². The largest absolute Gasteiger partial charge is 0.462 e. The maximum absolute atomic E-state index is 13.0. The Hall–Kier alpha value is -2.95. The van der Waals surface area contributed by atoms with E-state index >= 15 is 0 Å². The van der Waals surface area contributed by atoms with E-state index in [4.69, 9.17) is 18.4 Å². The zero-order valence-electron chi connectivity index (χ0n) is 20.7. The molecular weight excluding hydrogens is 486 g/mol. The number of methoxy groups -OCH3 is 1. The predicted molar refractivity (Wildman–Crippen MR) is 132 cm³/mol. The SMILES string of the molecule is CCCCOC(=O)c1ccccc1S(=O)(=O)Oc1ccc(CN(C[C@@H]2CCCO2)C(=O)COC)cc1. The van der Waals surface area contributed by atoms with Gasteiger partial charge in [0.15, 0.2) is 0 Å². The Kier molecular flexibility index (Phi) is 10.3. The Labute approximate surface area is 212 Å². The molecule has 10 heteroatoms. The summed E-state index contributed by atoms with van der Waals surface area (Å²) in [6.45, 7) is 3.61. The molecule has 0 unspecified atom stereocenters. The van der Waals surface area contributed by atoms with Crippen molar-refractivity contribution in [1.29, 1.82) is 0 Å². The van der Waals surface area contributed by atoms with Gasteiger partial charge in [-0.2, -0.15) is 8.42 Å². The molecule has 2 aromatic carbocycles. The van der Waals surface area contributed by atoms with Crippen LogP contribution in [0.3, 0.4) is 0 Å². The third-order valence-electron chi connectivity index (χ3n) is 5.68. The molecule has 0 N–H and O–H groups in total. The number of hydrogen-bond acceptors (Lipinski definition) is 8. The van der Waals surface area contributed by atoms with Crippen LogP contribution >= 0.6 is 0 Å². The summed E-state index contributed by atoms with van der Waals surface area (Å²) in [7, 11) is -2.82. The summed E-state index contributed by atoms with van der Waals surface area (Å²) in [6.07, 6.45) is 3.39. The zero-order chi connectivity index (χ0) is 26.0. The first kappa shape index (κ1) is 27.6. The summed E-state index contributed by atoms with van der Waals surface area (Å²) in [5.74, 6) is -0.784. The molecule has 0 aliphatic carbocycles. The number of esters is 1. The highest BCUT2D eigenvalue weighted by molar-refractivity contribution is 7.87. The Morgan fingerprint density at radius 3 is 2.53 bits per heavy atom. The molecule has 0 bridgehead atoms. The van der Waals surface area contributed by atoms with E-state index in [1.807, 2.05) is 6.92 Å². The van der Waals surface area contributed by atoms with Crippen LogP contribution in [0.4, 0.5) is 0 Å². The third-order valence-corrected chi connectivity index (χ3v) is 6.99. The summed E-state index contributed by atoms with van der Waals surface area (Å²) in [4.78, 5) is 26.4. The average Bonchev–Trinajstić information content (AvgIpc) is 3.38. The second-order valence-corrected chi connectivity index (χ2v) is 10.0. The van der Waals surface area contributed by atoms with Crippen molar-refractivity contribution in [3.05, 3.63) is 59.7 Å². The number of unbranched alkanes of at least 4 members (excludes halogenated alkanes) is 1. The average molecular weight is 520 g/mol. The lowest BCUT2D eigenvalue weighted by Gasteiger charge is -2.25. The van der Waals surface area contributed by atoms with Gasteiger partial charge in [-0.15, -0.1) is 0 Å². The van der Waals surface area contributed by atoms with Crippen LogP contribution in [0.25, 0.3) is 0 Å². The van der Waals surface area contributed by atoms with Gasteiger partial charge in [-0.25, -0.2) is 4.79 Å². The first-order chi connectivity index (χ1) is 17.3. The van der Waals surface area contributed by atoms with Gasteiger partial charge >= 0.3 is 16.1 Å². The van der Waals surface area contributed by atoms with Gasteiger partial charge in [0, 0.05) is 26.8 Å². The number of nitrogens with zero attached hydrogens (tertiary/aromatic N) is 1. The fourth-order valence-electron chi connectivity index (χ4n) is 3.79. The van der Waals surface area contributed by atoms with Crippen LogP contribution < -0.4 is 4.18 Å². The lowest BCUT2D eigenvalue weighted by atomic mass is 10.1. The van der Waals surface area contributed by atoms with E-state index in [9.17, 15) is 18.0 Å². The lowest BCUT2D eigenvalue weighted by Crippen LogP contribution is -2.38. The van der Waals surface area contributed by atoms with Crippen molar-refractivity contribution in [2.24, 2.45) is 0 Å². The zero-order valence-corrected chi connectivity index (χ0v) is 21.5. The highest BCUT2D eigenvalue weighted by Gasteiger charge is 2.26. The minimum absolute atomic E-state index is 0.00714. The predicted octanol–water partition coefficient (Wildman–Crippen LogP) is 3.57. The molecule has 9 nitrogen and oxygen atoms in total. The molecular formula is C26H33NO8S. The van der Waals surface area contributed by atoms with E-state index in [0.29, 0.717) is 26.1 Å². The molecule has 0 radical (unpaired) electrons. The van der Waals surface area contributed by atoms with E-state index in [2.05, 4.69) is 0 Å². The molecule has 36 heavy (non-hydrogen) atoms. The number of hydrogen-bond donors (Lipinski definition) is 0. The van der Waals surface area contributed by atoms with E-state index in [1.165, 1.54) is 37.4 Å². The molecule has 1 saturated heterocycles. The summed E-state index contributed by atoms with van der Waals surface area (Å²) >= 11 is 0. The molecule has 1 aliphatic rings. The third kappa shape index (κ3) is 7.78. The van der Waals surface area contributed by atoms with Gasteiger partial charge in [0.25, 0.3) is 0 Å². The van der Waals surface area contributed by atoms with Gasteiger partial charge in [0.05, 0.1) is 18.3 Å². The van der Waals surface area contributed by atoms with Crippen molar-refractivity contribution in [2.75, 3.05) is 33.5 Å². The van der Waals surface area contributed by atoms with Gasteiger partial charge in [-0.3, -0.25) is 4.79 Å². The normalized spacial score (nSPS) is 15.4. The van der Waals surface area contributed by atoms with Crippen LogP contribution in [0.2, 0.25) is 0 Å².